The third-order valence-electron chi connectivity index (χ3n) is 6.02. The van der Waals surface area contributed by atoms with Crippen molar-refractivity contribution in [1.29, 1.82) is 0 Å². The number of amides is 3. The van der Waals surface area contributed by atoms with Gasteiger partial charge in [-0.2, -0.15) is 5.10 Å². The lowest BCUT2D eigenvalue weighted by molar-refractivity contribution is -0.117. The lowest BCUT2D eigenvalue weighted by Gasteiger charge is -2.35. The Hall–Kier alpha value is -3.90. The molecule has 1 unspecified atom stereocenters. The van der Waals surface area contributed by atoms with Gasteiger partial charge in [-0.1, -0.05) is 0 Å². The lowest BCUT2D eigenvalue weighted by atomic mass is 10.1. The Morgan fingerprint density at radius 1 is 1.18 bits per heavy atom. The van der Waals surface area contributed by atoms with E-state index in [0.29, 0.717) is 48.4 Å². The topological polar surface area (TPSA) is 109 Å². The molecule has 0 radical (unpaired) electrons. The van der Waals surface area contributed by atoms with E-state index < -0.39 is 23.5 Å². The minimum absolute atomic E-state index is 0.0998. The molecule has 13 heteroatoms. The molecule has 2 aliphatic heterocycles. The minimum atomic E-state index is -1.61. The number of hydrogen-bond donors (Lipinski definition) is 1. The molecule has 34 heavy (non-hydrogen) atoms. The van der Waals surface area contributed by atoms with E-state index in [1.165, 1.54) is 4.90 Å². The highest BCUT2D eigenvalue weighted by Crippen LogP contribution is 2.35. The Morgan fingerprint density at radius 2 is 1.91 bits per heavy atom. The highest BCUT2D eigenvalue weighted by molar-refractivity contribution is 5.97. The molecule has 1 fully saturated rings. The predicted molar refractivity (Wildman–Crippen MR) is 111 cm³/mol. The van der Waals surface area contributed by atoms with Crippen molar-refractivity contribution in [2.75, 3.05) is 16.8 Å². The number of nitrogens with zero attached hydrogens (tertiary/aromatic N) is 6. The number of benzene rings is 1. The second kappa shape index (κ2) is 8.15. The fraction of sp³-hybridized carbons (Fsp3) is 0.381. The maximum absolute atomic E-state index is 13.5. The van der Waals surface area contributed by atoms with Gasteiger partial charge in [0, 0.05) is 37.7 Å². The third-order valence-corrected chi connectivity index (χ3v) is 6.02. The molecule has 2 atom stereocenters. The summed E-state index contributed by atoms with van der Waals surface area (Å²) in [6.45, 7) is 4.25. The van der Waals surface area contributed by atoms with E-state index >= 15 is 0 Å². The van der Waals surface area contributed by atoms with Crippen LogP contribution in [0.25, 0.3) is 0 Å². The van der Waals surface area contributed by atoms with E-state index in [4.69, 9.17) is 4.42 Å². The molecule has 1 saturated heterocycles. The Morgan fingerprint density at radius 3 is 2.59 bits per heavy atom. The first-order chi connectivity index (χ1) is 16.2. The molecule has 4 heterocycles. The summed E-state index contributed by atoms with van der Waals surface area (Å²) >= 11 is 0. The molecule has 2 aliphatic rings. The molecule has 1 aromatic carbocycles. The molecule has 1 N–H and O–H groups in total. The van der Waals surface area contributed by atoms with Gasteiger partial charge in [0.05, 0.1) is 42.6 Å². The first-order valence-corrected chi connectivity index (χ1v) is 10.6. The van der Waals surface area contributed by atoms with E-state index in [1.54, 1.807) is 29.6 Å². The number of carbonyl (C=O) groups is 2. The third kappa shape index (κ3) is 3.76. The van der Waals surface area contributed by atoms with Crippen LogP contribution in [0.15, 0.2) is 22.7 Å². The van der Waals surface area contributed by atoms with Crippen LogP contribution in [0.2, 0.25) is 0 Å². The highest BCUT2D eigenvalue weighted by Gasteiger charge is 2.38. The highest BCUT2D eigenvalue weighted by atomic mass is 19.2. The molecular weight excluding hydrogens is 455 g/mol. The molecule has 10 nitrogen and oxygen atoms in total. The van der Waals surface area contributed by atoms with Gasteiger partial charge >= 0.3 is 6.03 Å². The number of halogens is 3. The van der Waals surface area contributed by atoms with E-state index in [1.807, 2.05) is 0 Å². The van der Waals surface area contributed by atoms with Crippen molar-refractivity contribution in [2.24, 2.45) is 0 Å². The van der Waals surface area contributed by atoms with E-state index in [9.17, 15) is 22.8 Å². The second-order valence-corrected chi connectivity index (χ2v) is 8.38. The van der Waals surface area contributed by atoms with E-state index in [-0.39, 0.29) is 36.5 Å². The van der Waals surface area contributed by atoms with Gasteiger partial charge in [0.15, 0.2) is 17.5 Å². The number of rotatable bonds is 3. The number of carbonyl (C=O) groups excluding carboxylic acids is 2. The summed E-state index contributed by atoms with van der Waals surface area (Å²) < 4.78 is 47.5. The second-order valence-electron chi connectivity index (χ2n) is 8.38. The smallest absolute Gasteiger partial charge is 0.322 e. The van der Waals surface area contributed by atoms with E-state index in [2.05, 4.69) is 20.6 Å². The number of aromatic nitrogens is 4. The number of fused-ring (bicyclic) bond motifs is 1. The molecule has 0 saturated carbocycles. The maximum Gasteiger partial charge on any atom is 0.322 e. The zero-order chi connectivity index (χ0) is 24.1. The number of anilines is 2. The van der Waals surface area contributed by atoms with Crippen molar-refractivity contribution < 1.29 is 27.2 Å². The molecule has 178 valence electrons. The monoisotopic (exact) mass is 475 g/mol. The average molecular weight is 475 g/mol. The van der Waals surface area contributed by atoms with Gasteiger partial charge in [-0.3, -0.25) is 9.48 Å². The van der Waals surface area contributed by atoms with Gasteiger partial charge in [0.25, 0.3) is 0 Å². The summed E-state index contributed by atoms with van der Waals surface area (Å²) in [7, 11) is 0. The first kappa shape index (κ1) is 21.9. The molecule has 0 aliphatic carbocycles. The zero-order valence-corrected chi connectivity index (χ0v) is 18.3. The number of urea groups is 1. The fourth-order valence-electron chi connectivity index (χ4n) is 4.29. The lowest BCUT2D eigenvalue weighted by Crippen LogP contribution is -2.47. The molecule has 0 bridgehead atoms. The van der Waals surface area contributed by atoms with Crippen LogP contribution in [-0.2, 0) is 17.9 Å². The van der Waals surface area contributed by atoms with Gasteiger partial charge in [0.2, 0.25) is 17.7 Å². The predicted octanol–water partition coefficient (Wildman–Crippen LogP) is 2.95. The van der Waals surface area contributed by atoms with Crippen molar-refractivity contribution >= 4 is 23.3 Å². The van der Waals surface area contributed by atoms with Crippen molar-refractivity contribution in [3.05, 3.63) is 53.3 Å². The van der Waals surface area contributed by atoms with E-state index in [0.717, 1.165) is 0 Å². The first-order valence-electron chi connectivity index (χ1n) is 10.6. The molecular formula is C21H20F3N7O3. The van der Waals surface area contributed by atoms with Gasteiger partial charge in [0.1, 0.15) is 0 Å². The fourth-order valence-corrected chi connectivity index (χ4v) is 4.29. The molecule has 2 aromatic heterocycles. The van der Waals surface area contributed by atoms with Crippen LogP contribution in [0.3, 0.4) is 0 Å². The summed E-state index contributed by atoms with van der Waals surface area (Å²) in [5.41, 5.74) is 0.994. The number of hydrogen-bond acceptors (Lipinski definition) is 6. The van der Waals surface area contributed by atoms with Crippen LogP contribution in [0.4, 0.5) is 29.3 Å². The van der Waals surface area contributed by atoms with Gasteiger partial charge < -0.3 is 19.5 Å². The van der Waals surface area contributed by atoms with Gasteiger partial charge in [-0.05, 0) is 6.92 Å². The molecule has 0 spiro atoms. The maximum atomic E-state index is 13.5. The SMILES string of the molecule is Cc1nnc(C2CC(=O)N(c3cnn4c3CN(C(=O)Nc3cc(F)c(F)c(F)c3)[C@@H](C)C4)C2)o1. The van der Waals surface area contributed by atoms with Crippen LogP contribution < -0.4 is 10.2 Å². The molecule has 3 amide bonds. The summed E-state index contributed by atoms with van der Waals surface area (Å²) in [6.07, 6.45) is 1.78. The van der Waals surface area contributed by atoms with Crippen molar-refractivity contribution in [2.45, 2.75) is 45.3 Å². The van der Waals surface area contributed by atoms with Crippen LogP contribution in [0, 0.1) is 24.4 Å². The summed E-state index contributed by atoms with van der Waals surface area (Å²) in [5.74, 6) is -4.00. The minimum Gasteiger partial charge on any atom is -0.425 e. The van der Waals surface area contributed by atoms with Crippen LogP contribution in [-0.4, -0.2) is 49.4 Å². The average Bonchev–Trinajstić information content (AvgIpc) is 3.49. The Labute approximate surface area is 191 Å². The standard InChI is InChI=1S/C21H20F3N7O3/c1-10-7-31-17(9-29(10)21(33)26-13-4-14(22)19(24)15(23)5-13)16(6-25-31)30-8-12(3-18(30)32)20-28-27-11(2)34-20/h4-6,10,12H,3,7-9H2,1-2H3,(H,26,33)/t10-,12?/m0/s1. The Balaban J connectivity index is 1.36. The van der Waals surface area contributed by atoms with Crippen LogP contribution in [0.5, 0.6) is 0 Å². The van der Waals surface area contributed by atoms with Crippen molar-refractivity contribution in [1.82, 2.24) is 24.9 Å². The largest absolute Gasteiger partial charge is 0.425 e. The molecule has 3 aromatic rings. The van der Waals surface area contributed by atoms with Crippen LogP contribution in [0.1, 0.15) is 36.7 Å². The Bertz CT molecular complexity index is 1270. The Kier molecular flexibility index (Phi) is 5.25. The zero-order valence-electron chi connectivity index (χ0n) is 18.3. The number of nitrogens with one attached hydrogen (secondary N) is 1. The molecule has 5 rings (SSSR count). The van der Waals surface area contributed by atoms with Crippen molar-refractivity contribution in [3.8, 4) is 0 Å². The summed E-state index contributed by atoms with van der Waals surface area (Å²) in [5, 5.41) is 14.6. The normalized spacial score (nSPS) is 20.1. The summed E-state index contributed by atoms with van der Waals surface area (Å²) in [4.78, 5) is 28.7. The van der Waals surface area contributed by atoms with Gasteiger partial charge in [-0.25, -0.2) is 18.0 Å². The van der Waals surface area contributed by atoms with Crippen molar-refractivity contribution in [3.63, 3.8) is 0 Å². The summed E-state index contributed by atoms with van der Waals surface area (Å²) in [6, 6.07) is 0.494. The van der Waals surface area contributed by atoms with Gasteiger partial charge in [-0.15, -0.1) is 10.2 Å². The van der Waals surface area contributed by atoms with Crippen LogP contribution >= 0.6 is 0 Å². The number of aryl methyl sites for hydroxylation is 1. The quantitative estimate of drug-likeness (QED) is 0.584.